The molecule has 0 aromatic heterocycles. The van der Waals surface area contributed by atoms with Gasteiger partial charge in [0.2, 0.25) is 5.91 Å². The van der Waals surface area contributed by atoms with E-state index in [-0.39, 0.29) is 35.2 Å². The normalized spacial score (nSPS) is 18.9. The van der Waals surface area contributed by atoms with Crippen molar-refractivity contribution in [3.63, 3.8) is 0 Å². The molecule has 1 aromatic carbocycles. The number of amides is 1. The van der Waals surface area contributed by atoms with Crippen LogP contribution in [-0.4, -0.2) is 40.3 Å². The molecule has 1 saturated heterocycles. The van der Waals surface area contributed by atoms with E-state index in [0.29, 0.717) is 12.0 Å². The third-order valence-electron chi connectivity index (χ3n) is 5.34. The third-order valence-corrected chi connectivity index (χ3v) is 5.34. The third kappa shape index (κ3) is 6.46. The van der Waals surface area contributed by atoms with E-state index < -0.39 is 0 Å². The number of Topliss-reactive ketones (excluding diaryl/α,β-unsaturated/α-hetero) is 1. The number of nitrogens with zero attached hydrogens (tertiary/aromatic N) is 1. The molecule has 0 unspecified atom stereocenters. The molecule has 0 bridgehead atoms. The van der Waals surface area contributed by atoms with Crippen LogP contribution in [0, 0.1) is 0 Å². The SMILES string of the molecule is CCCCN(C(=O)CCC(=O)c1ccccc1)C1CC(C)(C)NC(C)(C)C1. The average molecular weight is 373 g/mol. The Balaban J connectivity index is 2.06. The molecule has 2 rings (SSSR count). The summed E-state index contributed by atoms with van der Waals surface area (Å²) in [5.74, 6) is 0.164. The van der Waals surface area contributed by atoms with E-state index in [1.54, 1.807) is 0 Å². The number of rotatable bonds is 8. The van der Waals surface area contributed by atoms with Gasteiger partial charge in [0.1, 0.15) is 0 Å². The molecular weight excluding hydrogens is 336 g/mol. The second-order valence-corrected chi connectivity index (χ2v) is 9.18. The van der Waals surface area contributed by atoms with Crippen molar-refractivity contribution in [3.05, 3.63) is 35.9 Å². The topological polar surface area (TPSA) is 49.4 Å². The number of hydrogen-bond acceptors (Lipinski definition) is 3. The minimum Gasteiger partial charge on any atom is -0.340 e. The Morgan fingerprint density at radius 1 is 1.04 bits per heavy atom. The fourth-order valence-electron chi connectivity index (χ4n) is 4.46. The fourth-order valence-corrected chi connectivity index (χ4v) is 4.46. The van der Waals surface area contributed by atoms with Crippen LogP contribution in [0.1, 0.15) is 83.5 Å². The van der Waals surface area contributed by atoms with Crippen LogP contribution in [0.4, 0.5) is 0 Å². The molecule has 1 aromatic rings. The van der Waals surface area contributed by atoms with E-state index in [1.807, 2.05) is 30.3 Å². The minimum absolute atomic E-state index is 0.00296. The van der Waals surface area contributed by atoms with Crippen molar-refractivity contribution < 1.29 is 9.59 Å². The van der Waals surface area contributed by atoms with Gasteiger partial charge in [0, 0.05) is 42.1 Å². The van der Waals surface area contributed by atoms with Crippen LogP contribution in [0.15, 0.2) is 30.3 Å². The molecule has 0 spiro atoms. The summed E-state index contributed by atoms with van der Waals surface area (Å²) >= 11 is 0. The molecule has 0 aliphatic carbocycles. The van der Waals surface area contributed by atoms with Gasteiger partial charge in [0.05, 0.1) is 0 Å². The molecule has 4 nitrogen and oxygen atoms in total. The van der Waals surface area contributed by atoms with Gasteiger partial charge in [-0.25, -0.2) is 0 Å². The molecule has 1 fully saturated rings. The lowest BCUT2D eigenvalue weighted by atomic mass is 9.79. The van der Waals surface area contributed by atoms with Crippen LogP contribution >= 0.6 is 0 Å². The maximum atomic E-state index is 13.1. The molecule has 4 heteroatoms. The van der Waals surface area contributed by atoms with Crippen molar-refractivity contribution in [2.24, 2.45) is 0 Å². The highest BCUT2D eigenvalue weighted by Crippen LogP contribution is 2.32. The standard InChI is InChI=1S/C23H36N2O2/c1-6-7-15-25(19-16-22(2,3)24-23(4,5)17-19)21(27)14-13-20(26)18-11-9-8-10-12-18/h8-12,19,24H,6-7,13-17H2,1-5H3. The van der Waals surface area contributed by atoms with Crippen LogP contribution in [0.3, 0.4) is 0 Å². The number of unbranched alkanes of at least 4 members (excludes halogenated alkanes) is 1. The molecule has 1 heterocycles. The largest absolute Gasteiger partial charge is 0.340 e. The summed E-state index contributed by atoms with van der Waals surface area (Å²) < 4.78 is 0. The summed E-state index contributed by atoms with van der Waals surface area (Å²) in [6.45, 7) is 11.8. The minimum atomic E-state index is -0.00296. The van der Waals surface area contributed by atoms with Gasteiger partial charge < -0.3 is 10.2 Å². The smallest absolute Gasteiger partial charge is 0.223 e. The van der Waals surface area contributed by atoms with Crippen molar-refractivity contribution >= 4 is 11.7 Å². The molecule has 27 heavy (non-hydrogen) atoms. The van der Waals surface area contributed by atoms with Crippen LogP contribution in [0.25, 0.3) is 0 Å². The Morgan fingerprint density at radius 3 is 2.19 bits per heavy atom. The van der Waals surface area contributed by atoms with Gasteiger partial charge in [-0.15, -0.1) is 0 Å². The first-order chi connectivity index (χ1) is 12.6. The summed E-state index contributed by atoms with van der Waals surface area (Å²) in [5.41, 5.74) is 0.683. The Bertz CT molecular complexity index is 621. The van der Waals surface area contributed by atoms with Crippen LogP contribution in [0.2, 0.25) is 0 Å². The molecule has 0 radical (unpaired) electrons. The van der Waals surface area contributed by atoms with Crippen molar-refractivity contribution in [2.45, 2.75) is 90.3 Å². The lowest BCUT2D eigenvalue weighted by molar-refractivity contribution is -0.135. The predicted molar refractivity (Wildman–Crippen MR) is 111 cm³/mol. The highest BCUT2D eigenvalue weighted by molar-refractivity contribution is 5.97. The van der Waals surface area contributed by atoms with E-state index in [1.165, 1.54) is 0 Å². The lowest BCUT2D eigenvalue weighted by Crippen LogP contribution is -2.62. The van der Waals surface area contributed by atoms with E-state index in [4.69, 9.17) is 0 Å². The summed E-state index contributed by atoms with van der Waals surface area (Å²) in [7, 11) is 0. The first-order valence-corrected chi connectivity index (χ1v) is 10.3. The molecule has 1 aliphatic rings. The second-order valence-electron chi connectivity index (χ2n) is 9.18. The van der Waals surface area contributed by atoms with Gasteiger partial charge in [-0.2, -0.15) is 0 Å². The number of carbonyl (C=O) groups excluding carboxylic acids is 2. The summed E-state index contributed by atoms with van der Waals surface area (Å²) in [4.78, 5) is 27.5. The van der Waals surface area contributed by atoms with Gasteiger partial charge in [0.25, 0.3) is 0 Å². The number of nitrogens with one attached hydrogen (secondary N) is 1. The average Bonchev–Trinajstić information content (AvgIpc) is 2.58. The number of piperidine rings is 1. The first-order valence-electron chi connectivity index (χ1n) is 10.3. The van der Waals surface area contributed by atoms with Crippen LogP contribution in [0.5, 0.6) is 0 Å². The van der Waals surface area contributed by atoms with Gasteiger partial charge in [-0.3, -0.25) is 9.59 Å². The monoisotopic (exact) mass is 372 g/mol. The Morgan fingerprint density at radius 2 is 1.63 bits per heavy atom. The maximum Gasteiger partial charge on any atom is 0.223 e. The van der Waals surface area contributed by atoms with E-state index >= 15 is 0 Å². The van der Waals surface area contributed by atoms with Crippen molar-refractivity contribution in [1.29, 1.82) is 0 Å². The first kappa shape index (κ1) is 21.6. The number of carbonyl (C=O) groups is 2. The molecule has 0 saturated carbocycles. The van der Waals surface area contributed by atoms with Crippen LogP contribution in [-0.2, 0) is 4.79 Å². The molecular formula is C23H36N2O2. The zero-order chi connectivity index (χ0) is 20.1. The van der Waals surface area contributed by atoms with Gasteiger partial charge >= 0.3 is 0 Å². The number of benzene rings is 1. The molecule has 0 atom stereocenters. The van der Waals surface area contributed by atoms with Crippen molar-refractivity contribution in [1.82, 2.24) is 10.2 Å². The molecule has 1 N–H and O–H groups in total. The molecule has 1 aliphatic heterocycles. The fraction of sp³-hybridized carbons (Fsp3) is 0.652. The highest BCUT2D eigenvalue weighted by Gasteiger charge is 2.40. The number of hydrogen-bond donors (Lipinski definition) is 1. The zero-order valence-corrected chi connectivity index (χ0v) is 17.7. The van der Waals surface area contributed by atoms with Gasteiger partial charge in [-0.1, -0.05) is 43.7 Å². The lowest BCUT2D eigenvalue weighted by Gasteiger charge is -2.49. The van der Waals surface area contributed by atoms with Crippen LogP contribution < -0.4 is 5.32 Å². The Hall–Kier alpha value is -1.68. The predicted octanol–water partition coefficient (Wildman–Crippen LogP) is 4.59. The van der Waals surface area contributed by atoms with Crippen molar-refractivity contribution in [3.8, 4) is 0 Å². The molecule has 1 amide bonds. The second kappa shape index (κ2) is 9.01. The van der Waals surface area contributed by atoms with Gasteiger partial charge in [0.15, 0.2) is 5.78 Å². The van der Waals surface area contributed by atoms with E-state index in [9.17, 15) is 9.59 Å². The number of ketones is 1. The summed E-state index contributed by atoms with van der Waals surface area (Å²) in [5, 5.41) is 3.69. The highest BCUT2D eigenvalue weighted by atomic mass is 16.2. The Kier molecular flexibility index (Phi) is 7.21. The van der Waals surface area contributed by atoms with E-state index in [2.05, 4.69) is 44.8 Å². The van der Waals surface area contributed by atoms with Crippen molar-refractivity contribution in [2.75, 3.05) is 6.54 Å². The summed E-state index contributed by atoms with van der Waals surface area (Å²) in [6.07, 6.45) is 4.52. The molecule has 150 valence electrons. The maximum absolute atomic E-state index is 13.1. The zero-order valence-electron chi connectivity index (χ0n) is 17.7. The Labute approximate surface area is 164 Å². The quantitative estimate of drug-likeness (QED) is 0.679. The van der Waals surface area contributed by atoms with E-state index in [0.717, 1.165) is 32.2 Å². The van der Waals surface area contributed by atoms with Gasteiger partial charge in [-0.05, 0) is 47.0 Å². The summed E-state index contributed by atoms with van der Waals surface area (Å²) in [6, 6.07) is 9.49.